The van der Waals surface area contributed by atoms with Crippen LogP contribution in [0, 0.1) is 0 Å². The molecule has 0 aromatic rings. The maximum absolute atomic E-state index is 11.9. The van der Waals surface area contributed by atoms with Crippen molar-refractivity contribution in [3.63, 3.8) is 0 Å². The third-order valence-electron chi connectivity index (χ3n) is 2.98. The smallest absolute Gasteiger partial charge is 0.196 e. The molecule has 16 heavy (non-hydrogen) atoms. The molecule has 86 valence electrons. The van der Waals surface area contributed by atoms with Crippen LogP contribution in [0.3, 0.4) is 0 Å². The van der Waals surface area contributed by atoms with Gasteiger partial charge >= 0.3 is 0 Å². The number of aliphatic hydroxyl groups is 1. The maximum Gasteiger partial charge on any atom is 0.196 e. The number of hydrogen-bond donors (Lipinski definition) is 1. The molecule has 3 nitrogen and oxygen atoms in total. The van der Waals surface area contributed by atoms with E-state index in [9.17, 15) is 9.90 Å². The molecule has 0 radical (unpaired) electrons. The number of hydrogen-bond acceptors (Lipinski definition) is 3. The molecule has 1 N–H and O–H groups in total. The van der Waals surface area contributed by atoms with Crippen molar-refractivity contribution >= 4 is 5.78 Å². The van der Waals surface area contributed by atoms with Crippen molar-refractivity contribution in [1.29, 1.82) is 0 Å². The highest BCUT2D eigenvalue weighted by Gasteiger charge is 2.51. The summed E-state index contributed by atoms with van der Waals surface area (Å²) in [6.07, 6.45) is 8.52. The van der Waals surface area contributed by atoms with Gasteiger partial charge in [0.1, 0.15) is 0 Å². The summed E-state index contributed by atoms with van der Waals surface area (Å²) in [4.78, 5) is 11.9. The lowest BCUT2D eigenvalue weighted by Crippen LogP contribution is -2.26. The molecule has 2 atom stereocenters. The van der Waals surface area contributed by atoms with E-state index in [0.29, 0.717) is 25.9 Å². The minimum absolute atomic E-state index is 0.0563. The summed E-state index contributed by atoms with van der Waals surface area (Å²) in [5, 5.41) is 9.55. The number of allylic oxidation sites excluding steroid dienone is 2. The lowest BCUT2D eigenvalue weighted by atomic mass is 9.89. The summed E-state index contributed by atoms with van der Waals surface area (Å²) in [6.45, 7) is 4.07. The van der Waals surface area contributed by atoms with Crippen molar-refractivity contribution in [3.8, 4) is 0 Å². The molecule has 0 aromatic carbocycles. The predicted molar refractivity (Wildman–Crippen MR) is 61.0 cm³/mol. The van der Waals surface area contributed by atoms with Crippen molar-refractivity contribution < 1.29 is 14.6 Å². The monoisotopic (exact) mass is 220 g/mol. The molecule has 0 saturated carbocycles. The third kappa shape index (κ3) is 2.15. The molecule has 1 heterocycles. The summed E-state index contributed by atoms with van der Waals surface area (Å²) in [5.41, 5.74) is 0.108. The van der Waals surface area contributed by atoms with Gasteiger partial charge in [-0.05, 0) is 30.9 Å². The number of carbonyl (C=O) groups excluding carboxylic acids is 1. The Balaban J connectivity index is 1.90. The van der Waals surface area contributed by atoms with Gasteiger partial charge in [0.25, 0.3) is 0 Å². The first-order valence-corrected chi connectivity index (χ1v) is 5.54. The molecule has 3 heteroatoms. The van der Waals surface area contributed by atoms with Gasteiger partial charge in [-0.15, -0.1) is 6.58 Å². The summed E-state index contributed by atoms with van der Waals surface area (Å²) in [6, 6.07) is 0. The second-order valence-electron chi connectivity index (χ2n) is 4.28. The first kappa shape index (κ1) is 11.3. The van der Waals surface area contributed by atoms with Crippen molar-refractivity contribution in [2.45, 2.75) is 31.0 Å². The van der Waals surface area contributed by atoms with Gasteiger partial charge in [0.2, 0.25) is 0 Å². The molecular formula is C13H16O3. The average Bonchev–Trinajstić information content (AvgIpc) is 3.02. The largest absolute Gasteiger partial charge is 0.393 e. The first-order chi connectivity index (χ1) is 7.68. The Morgan fingerprint density at radius 1 is 1.69 bits per heavy atom. The zero-order valence-corrected chi connectivity index (χ0v) is 9.19. The van der Waals surface area contributed by atoms with E-state index in [1.165, 1.54) is 0 Å². The van der Waals surface area contributed by atoms with Crippen molar-refractivity contribution in [2.24, 2.45) is 0 Å². The zero-order valence-electron chi connectivity index (χ0n) is 9.19. The summed E-state index contributed by atoms with van der Waals surface area (Å²) in [5.74, 6) is 0.0563. The van der Waals surface area contributed by atoms with E-state index in [-0.39, 0.29) is 5.78 Å². The minimum Gasteiger partial charge on any atom is -0.393 e. The maximum atomic E-state index is 11.9. The van der Waals surface area contributed by atoms with E-state index in [1.807, 2.05) is 12.2 Å². The van der Waals surface area contributed by atoms with Gasteiger partial charge in [0.15, 0.2) is 11.4 Å². The van der Waals surface area contributed by atoms with Crippen LogP contribution in [0.4, 0.5) is 0 Å². The zero-order chi connectivity index (χ0) is 11.6. The van der Waals surface area contributed by atoms with E-state index in [2.05, 4.69) is 6.58 Å². The van der Waals surface area contributed by atoms with Crippen LogP contribution in [-0.2, 0) is 9.53 Å². The third-order valence-corrected chi connectivity index (χ3v) is 2.98. The molecule has 0 aromatic heterocycles. The van der Waals surface area contributed by atoms with Crippen LogP contribution < -0.4 is 0 Å². The first-order valence-electron chi connectivity index (χ1n) is 5.54. The van der Waals surface area contributed by atoms with Crippen LogP contribution in [0.2, 0.25) is 0 Å². The van der Waals surface area contributed by atoms with E-state index in [1.54, 1.807) is 12.2 Å². The normalized spacial score (nSPS) is 29.1. The number of aliphatic hydroxyl groups excluding tert-OH is 1. The van der Waals surface area contributed by atoms with Gasteiger partial charge in [-0.2, -0.15) is 0 Å². The molecule has 1 aliphatic carbocycles. The van der Waals surface area contributed by atoms with Crippen molar-refractivity contribution in [3.05, 3.63) is 36.5 Å². The standard InChI is InChI=1S/C13H16O3/c1-2-4-11(14)7-6-10-5-3-8-13(9-16-13)12(10)15/h2-3,5,8,11,14H,1,4,6-7,9H2/t11?,13-/m0/s1. The highest BCUT2D eigenvalue weighted by atomic mass is 16.6. The quantitative estimate of drug-likeness (QED) is 0.564. The molecule has 1 aliphatic heterocycles. The van der Waals surface area contributed by atoms with Crippen LogP contribution in [0.25, 0.3) is 0 Å². The van der Waals surface area contributed by atoms with E-state index < -0.39 is 11.7 Å². The van der Waals surface area contributed by atoms with Gasteiger partial charge in [-0.1, -0.05) is 18.2 Å². The number of ketones is 1. The number of rotatable bonds is 5. The van der Waals surface area contributed by atoms with E-state index >= 15 is 0 Å². The summed E-state index contributed by atoms with van der Waals surface area (Å²) < 4.78 is 5.18. The number of ether oxygens (including phenoxy) is 1. The molecule has 2 rings (SSSR count). The van der Waals surface area contributed by atoms with Gasteiger partial charge in [-0.25, -0.2) is 0 Å². The fourth-order valence-corrected chi connectivity index (χ4v) is 1.88. The van der Waals surface area contributed by atoms with Gasteiger partial charge in [0.05, 0.1) is 12.7 Å². The van der Waals surface area contributed by atoms with Crippen LogP contribution in [0.15, 0.2) is 36.5 Å². The predicted octanol–water partition coefficient (Wildman–Crippen LogP) is 1.54. The average molecular weight is 220 g/mol. The Hall–Kier alpha value is -1.19. The van der Waals surface area contributed by atoms with Crippen LogP contribution in [0.1, 0.15) is 19.3 Å². The van der Waals surface area contributed by atoms with Crippen LogP contribution >= 0.6 is 0 Å². The summed E-state index contributed by atoms with van der Waals surface area (Å²) in [7, 11) is 0. The molecule has 2 aliphatic rings. The number of carbonyl (C=O) groups is 1. The Kier molecular flexibility index (Phi) is 3.08. The molecule has 0 amide bonds. The SMILES string of the molecule is C=CCC(O)CCC1=CC=C[C@]2(CO2)C1=O. The molecular weight excluding hydrogens is 204 g/mol. The van der Waals surface area contributed by atoms with Crippen molar-refractivity contribution in [1.82, 2.24) is 0 Å². The fourth-order valence-electron chi connectivity index (χ4n) is 1.88. The second-order valence-corrected chi connectivity index (χ2v) is 4.28. The fraction of sp³-hybridized carbons (Fsp3) is 0.462. The van der Waals surface area contributed by atoms with Gasteiger partial charge in [-0.3, -0.25) is 4.79 Å². The molecule has 1 saturated heterocycles. The Bertz CT molecular complexity index is 361. The van der Waals surface area contributed by atoms with E-state index in [4.69, 9.17) is 4.74 Å². The second kappa shape index (κ2) is 4.36. The lowest BCUT2D eigenvalue weighted by Gasteiger charge is -2.14. The lowest BCUT2D eigenvalue weighted by molar-refractivity contribution is -0.119. The van der Waals surface area contributed by atoms with Gasteiger partial charge < -0.3 is 9.84 Å². The number of Topliss-reactive ketones (excluding diaryl/α,β-unsaturated/α-hetero) is 1. The summed E-state index contributed by atoms with van der Waals surface area (Å²) >= 11 is 0. The Labute approximate surface area is 95.1 Å². The van der Waals surface area contributed by atoms with Crippen LogP contribution in [0.5, 0.6) is 0 Å². The molecule has 1 unspecified atom stereocenters. The minimum atomic E-state index is -0.645. The number of epoxide rings is 1. The highest BCUT2D eigenvalue weighted by molar-refractivity contribution is 6.06. The topological polar surface area (TPSA) is 49.8 Å². The van der Waals surface area contributed by atoms with Gasteiger partial charge in [0, 0.05) is 0 Å². The van der Waals surface area contributed by atoms with E-state index in [0.717, 1.165) is 5.57 Å². The van der Waals surface area contributed by atoms with Crippen LogP contribution in [-0.4, -0.2) is 29.2 Å². The van der Waals surface area contributed by atoms with Crippen molar-refractivity contribution in [2.75, 3.05) is 6.61 Å². The molecule has 1 fully saturated rings. The Morgan fingerprint density at radius 2 is 2.44 bits per heavy atom. The highest BCUT2D eigenvalue weighted by Crippen LogP contribution is 2.36. The Morgan fingerprint density at radius 3 is 3.06 bits per heavy atom. The molecule has 1 spiro atoms. The molecule has 0 bridgehead atoms.